The molecule has 0 aliphatic carbocycles. The molecular weight excluding hydrogens is 294 g/mol. The van der Waals surface area contributed by atoms with Crippen LogP contribution in [-0.4, -0.2) is 31.2 Å². The van der Waals surface area contributed by atoms with E-state index in [1.807, 2.05) is 0 Å². The van der Waals surface area contributed by atoms with Crippen molar-refractivity contribution in [1.29, 1.82) is 0 Å². The zero-order valence-corrected chi connectivity index (χ0v) is 14.2. The molecule has 1 heterocycles. The van der Waals surface area contributed by atoms with Gasteiger partial charge in [-0.2, -0.15) is 0 Å². The molecule has 122 valence electrons. The third-order valence-electron chi connectivity index (χ3n) is 2.87. The van der Waals surface area contributed by atoms with Crippen LogP contribution in [0, 0.1) is 0 Å². The zero-order valence-electron chi connectivity index (χ0n) is 13.3. The monoisotopic (exact) mass is 320 g/mol. The third kappa shape index (κ3) is 6.80. The Morgan fingerprint density at radius 3 is 2.62 bits per heavy atom. The molecule has 0 aliphatic rings. The van der Waals surface area contributed by atoms with E-state index in [0.29, 0.717) is 13.0 Å². The van der Waals surface area contributed by atoms with Crippen LogP contribution in [0.4, 0.5) is 8.78 Å². The smallest absolute Gasteiger partial charge is 0.261 e. The Labute approximate surface area is 130 Å². The number of hydrogen-bond donors (Lipinski definition) is 1. The maximum atomic E-state index is 12.0. The van der Waals surface area contributed by atoms with Crippen LogP contribution in [-0.2, 0) is 23.1 Å². The molecule has 0 amide bonds. The minimum Gasteiger partial charge on any atom is -0.375 e. The Bertz CT molecular complexity index is 416. The summed E-state index contributed by atoms with van der Waals surface area (Å²) in [4.78, 5) is 5.92. The van der Waals surface area contributed by atoms with Crippen LogP contribution in [0.3, 0.4) is 0 Å². The fraction of sp³-hybridized carbons (Fsp3) is 0.800. The van der Waals surface area contributed by atoms with Gasteiger partial charge in [-0.15, -0.1) is 11.3 Å². The second-order valence-corrected chi connectivity index (χ2v) is 7.19. The Balaban J connectivity index is 2.64. The summed E-state index contributed by atoms with van der Waals surface area (Å²) < 4.78 is 29.0. The van der Waals surface area contributed by atoms with E-state index in [9.17, 15) is 8.78 Å². The van der Waals surface area contributed by atoms with Gasteiger partial charge in [0.25, 0.3) is 6.43 Å². The van der Waals surface area contributed by atoms with Crippen molar-refractivity contribution >= 4 is 11.3 Å². The highest BCUT2D eigenvalue weighted by Crippen LogP contribution is 2.29. The molecule has 0 aliphatic heterocycles. The van der Waals surface area contributed by atoms with Crippen molar-refractivity contribution in [2.24, 2.45) is 0 Å². The number of nitrogens with zero attached hydrogens (tertiary/aromatic N) is 1. The summed E-state index contributed by atoms with van der Waals surface area (Å²) in [6.45, 7) is 10.2. The molecule has 0 saturated heterocycles. The van der Waals surface area contributed by atoms with Crippen LogP contribution in [0.2, 0.25) is 0 Å². The molecular formula is C15H26F2N2OS. The lowest BCUT2D eigenvalue weighted by molar-refractivity contribution is 0.0187. The lowest BCUT2D eigenvalue weighted by atomic mass is 9.91. The molecule has 0 atom stereocenters. The van der Waals surface area contributed by atoms with E-state index in [1.165, 1.54) is 4.88 Å². The normalized spacial score (nSPS) is 12.3. The van der Waals surface area contributed by atoms with Crippen LogP contribution < -0.4 is 5.32 Å². The Kier molecular flexibility index (Phi) is 7.70. The average Bonchev–Trinajstić information content (AvgIpc) is 2.78. The number of thiazole rings is 1. The summed E-state index contributed by atoms with van der Waals surface area (Å²) in [5.74, 6) is 0. The van der Waals surface area contributed by atoms with Gasteiger partial charge in [0.1, 0.15) is 6.61 Å². The highest BCUT2D eigenvalue weighted by molar-refractivity contribution is 7.11. The van der Waals surface area contributed by atoms with Crippen molar-refractivity contribution in [3.63, 3.8) is 0 Å². The van der Waals surface area contributed by atoms with Gasteiger partial charge in [-0.05, 0) is 13.0 Å². The van der Waals surface area contributed by atoms with Gasteiger partial charge >= 0.3 is 0 Å². The fourth-order valence-corrected chi connectivity index (χ4v) is 3.15. The van der Waals surface area contributed by atoms with Crippen molar-refractivity contribution in [3.05, 3.63) is 15.6 Å². The van der Waals surface area contributed by atoms with Gasteiger partial charge in [0, 0.05) is 23.3 Å². The first-order chi connectivity index (χ1) is 9.84. The number of alkyl halides is 2. The average molecular weight is 320 g/mol. The molecule has 6 heteroatoms. The number of hydrogen-bond acceptors (Lipinski definition) is 4. The molecule has 0 saturated carbocycles. The fourth-order valence-electron chi connectivity index (χ4n) is 1.92. The molecule has 0 fully saturated rings. The molecule has 0 aromatic carbocycles. The molecule has 0 radical (unpaired) electrons. The van der Waals surface area contributed by atoms with Crippen molar-refractivity contribution < 1.29 is 13.5 Å². The molecule has 3 nitrogen and oxygen atoms in total. The zero-order chi connectivity index (χ0) is 15.9. The quantitative estimate of drug-likeness (QED) is 0.703. The maximum Gasteiger partial charge on any atom is 0.261 e. The van der Waals surface area contributed by atoms with Crippen molar-refractivity contribution in [3.8, 4) is 0 Å². The molecule has 0 bridgehead atoms. The first-order valence-electron chi connectivity index (χ1n) is 7.40. The second kappa shape index (κ2) is 8.76. The number of nitrogens with one attached hydrogen (secondary N) is 1. The van der Waals surface area contributed by atoms with E-state index in [-0.39, 0.29) is 5.41 Å². The van der Waals surface area contributed by atoms with Gasteiger partial charge in [-0.3, -0.25) is 0 Å². The van der Waals surface area contributed by atoms with Crippen molar-refractivity contribution in [1.82, 2.24) is 10.3 Å². The predicted molar refractivity (Wildman–Crippen MR) is 83.3 cm³/mol. The van der Waals surface area contributed by atoms with Crippen molar-refractivity contribution in [2.45, 2.75) is 58.9 Å². The predicted octanol–water partition coefficient (Wildman–Crippen LogP) is 3.76. The van der Waals surface area contributed by atoms with Gasteiger partial charge in [-0.1, -0.05) is 27.7 Å². The van der Waals surface area contributed by atoms with Gasteiger partial charge in [0.05, 0.1) is 17.3 Å². The highest BCUT2D eigenvalue weighted by Gasteiger charge is 2.22. The molecule has 1 rings (SSSR count). The highest BCUT2D eigenvalue weighted by atomic mass is 32.1. The molecule has 1 N–H and O–H groups in total. The largest absolute Gasteiger partial charge is 0.375 e. The first-order valence-corrected chi connectivity index (χ1v) is 8.22. The van der Waals surface area contributed by atoms with Gasteiger partial charge in [0.15, 0.2) is 0 Å². The van der Waals surface area contributed by atoms with Gasteiger partial charge in [0.2, 0.25) is 0 Å². The summed E-state index contributed by atoms with van der Waals surface area (Å²) in [5.41, 5.74) is 1.09. The van der Waals surface area contributed by atoms with E-state index in [0.717, 1.165) is 30.2 Å². The lowest BCUT2D eigenvalue weighted by Crippen LogP contribution is -2.19. The molecule has 1 aromatic rings. The lowest BCUT2D eigenvalue weighted by Gasteiger charge is -2.17. The Hall–Kier alpha value is -0.590. The Morgan fingerprint density at radius 2 is 2.05 bits per heavy atom. The number of aromatic nitrogens is 1. The Morgan fingerprint density at radius 1 is 1.33 bits per heavy atom. The summed E-state index contributed by atoms with van der Waals surface area (Å²) in [5, 5.41) is 4.36. The minimum absolute atomic E-state index is 0.0121. The van der Waals surface area contributed by atoms with Gasteiger partial charge in [-0.25, -0.2) is 13.8 Å². The summed E-state index contributed by atoms with van der Waals surface area (Å²) in [7, 11) is 0. The molecule has 0 unspecified atom stereocenters. The summed E-state index contributed by atoms with van der Waals surface area (Å²) in [6, 6.07) is 0. The van der Waals surface area contributed by atoms with E-state index < -0.39 is 13.0 Å². The van der Waals surface area contributed by atoms with Crippen LogP contribution in [0.25, 0.3) is 0 Å². The SMILES string of the molecule is CCCNCc1sc(CCOCC(F)F)nc1C(C)(C)C. The van der Waals surface area contributed by atoms with E-state index in [2.05, 4.69) is 38.0 Å². The minimum atomic E-state index is -2.40. The van der Waals surface area contributed by atoms with Gasteiger partial charge < -0.3 is 10.1 Å². The molecule has 0 spiro atoms. The topological polar surface area (TPSA) is 34.1 Å². The standard InChI is InChI=1S/C15H26F2N2OS/c1-5-7-18-9-11-14(15(2,3)4)19-13(21-11)6-8-20-10-12(16)17/h12,18H,5-10H2,1-4H3. The van der Waals surface area contributed by atoms with Crippen LogP contribution in [0.1, 0.15) is 49.7 Å². The summed E-state index contributed by atoms with van der Waals surface area (Å²) >= 11 is 1.65. The van der Waals surface area contributed by atoms with Crippen molar-refractivity contribution in [2.75, 3.05) is 19.8 Å². The number of halogens is 2. The van der Waals surface area contributed by atoms with Crippen LogP contribution >= 0.6 is 11.3 Å². The first kappa shape index (κ1) is 18.5. The third-order valence-corrected chi connectivity index (χ3v) is 3.98. The maximum absolute atomic E-state index is 12.0. The van der Waals surface area contributed by atoms with E-state index >= 15 is 0 Å². The van der Waals surface area contributed by atoms with Crippen LogP contribution in [0.15, 0.2) is 0 Å². The molecule has 1 aromatic heterocycles. The molecule has 21 heavy (non-hydrogen) atoms. The number of ether oxygens (including phenoxy) is 1. The van der Waals surface area contributed by atoms with E-state index in [4.69, 9.17) is 4.74 Å². The van der Waals surface area contributed by atoms with E-state index in [1.54, 1.807) is 11.3 Å². The number of rotatable bonds is 9. The van der Waals surface area contributed by atoms with Crippen LogP contribution in [0.5, 0.6) is 0 Å². The summed E-state index contributed by atoms with van der Waals surface area (Å²) in [6.07, 6.45) is -0.716. The second-order valence-electron chi connectivity index (χ2n) is 6.02.